The van der Waals surface area contributed by atoms with Crippen molar-refractivity contribution in [3.63, 3.8) is 0 Å². The summed E-state index contributed by atoms with van der Waals surface area (Å²) < 4.78 is 0. The van der Waals surface area contributed by atoms with Gasteiger partial charge in [0.2, 0.25) is 0 Å². The molecule has 0 radical (unpaired) electrons. The summed E-state index contributed by atoms with van der Waals surface area (Å²) in [6.45, 7) is 5.31. The maximum atomic E-state index is 9.47. The monoisotopic (exact) mass is 123 g/mol. The van der Waals surface area contributed by atoms with E-state index in [9.17, 15) is 5.21 Å². The van der Waals surface area contributed by atoms with Crippen LogP contribution in [0.15, 0.2) is 10.5 Å². The summed E-state index contributed by atoms with van der Waals surface area (Å²) in [6, 6.07) is 0. The summed E-state index contributed by atoms with van der Waals surface area (Å²) in [7, 11) is 0. The molecule has 0 aliphatic carbocycles. The average Bonchev–Trinajstić information content (AvgIpc) is 1.83. The molecule has 0 heterocycles. The van der Waals surface area contributed by atoms with Gasteiger partial charge in [-0.2, -0.15) is 5.28 Å². The van der Waals surface area contributed by atoms with Gasteiger partial charge in [-0.15, -0.1) is 0 Å². The molecular weight excluding hydrogens is 113 g/mol. The summed E-state index contributed by atoms with van der Waals surface area (Å²) in [5.74, 6) is 0. The average molecular weight is 123 g/mol. The van der Waals surface area contributed by atoms with E-state index in [0.29, 0.717) is 0 Å². The molecule has 0 amide bonds. The van der Waals surface area contributed by atoms with Gasteiger partial charge in [-0.3, -0.25) is 5.01 Å². The van der Waals surface area contributed by atoms with Gasteiger partial charge in [0.1, 0.15) is 0 Å². The normalized spacial score (nSPS) is 9.11. The van der Waals surface area contributed by atoms with E-state index in [0.717, 1.165) is 13.1 Å². The Morgan fingerprint density at radius 1 is 1.33 bits per heavy atom. The van der Waals surface area contributed by atoms with Crippen molar-refractivity contribution >= 4 is 0 Å². The zero-order valence-electron chi connectivity index (χ0n) is 6.16. The summed E-state index contributed by atoms with van der Waals surface area (Å²) >= 11 is 0. The Hall–Kier alpha value is -0.203. The van der Waals surface area contributed by atoms with Crippen LogP contribution in [0.4, 0.5) is 0 Å². The van der Waals surface area contributed by atoms with Gasteiger partial charge >= 0.3 is 18.9 Å². The molecule has 4 nitrogen and oxygen atoms in total. The van der Waals surface area contributed by atoms with Crippen LogP contribution in [-0.2, 0) is 0 Å². The fraction of sp³-hybridized carbons (Fsp3) is 1.00. The van der Waals surface area contributed by atoms with Crippen molar-refractivity contribution in [2.75, 3.05) is 13.1 Å². The molecule has 0 aliphatic heterocycles. The summed E-state index contributed by atoms with van der Waals surface area (Å²) in [4.78, 5) is 0. The zero-order chi connectivity index (χ0) is 6.41. The van der Waals surface area contributed by atoms with Crippen LogP contribution < -0.4 is 18.9 Å². The van der Waals surface area contributed by atoms with E-state index in [4.69, 9.17) is 0 Å². The number of hydrogen-bond donors (Lipinski definition) is 0. The van der Waals surface area contributed by atoms with Crippen LogP contribution in [0.25, 0.3) is 0 Å². The van der Waals surface area contributed by atoms with Gasteiger partial charge in [0.05, 0.1) is 0 Å². The third-order valence-electron chi connectivity index (χ3n) is 0.893. The third-order valence-corrected chi connectivity index (χ3v) is 0.893. The summed E-state index contributed by atoms with van der Waals surface area (Å²) in [6.07, 6.45) is 0. The molecule has 0 N–H and O–H groups in total. The molecule has 0 saturated carbocycles. The van der Waals surface area contributed by atoms with Crippen molar-refractivity contribution in [1.82, 2.24) is 5.01 Å². The zero-order valence-corrected chi connectivity index (χ0v) is 6.16. The molecule has 0 aromatic heterocycles. The van der Waals surface area contributed by atoms with Crippen LogP contribution in [0.1, 0.15) is 13.8 Å². The Morgan fingerprint density at radius 2 is 1.78 bits per heavy atom. The molecule has 0 rings (SSSR count). The van der Waals surface area contributed by atoms with Crippen LogP contribution in [0.2, 0.25) is 0 Å². The largest absolute Gasteiger partial charge is 1.00 e. The molecular formula is C4H10LiN3O. The Bertz CT molecular complexity index is 74.2. The van der Waals surface area contributed by atoms with E-state index in [1.165, 1.54) is 0 Å². The predicted octanol–water partition coefficient (Wildman–Crippen LogP) is -1.80. The molecule has 0 unspecified atom stereocenters. The minimum atomic E-state index is 0. The second-order valence-electron chi connectivity index (χ2n) is 1.31. The molecule has 0 fully saturated rings. The van der Waals surface area contributed by atoms with Crippen LogP contribution >= 0.6 is 0 Å². The SMILES string of the molecule is CCN(CC)/N=N/[O-].[Li+]. The van der Waals surface area contributed by atoms with Crippen LogP contribution in [0, 0.1) is 5.21 Å². The van der Waals surface area contributed by atoms with Gasteiger partial charge in [0.15, 0.2) is 0 Å². The Kier molecular flexibility index (Phi) is 10.0. The smallest absolute Gasteiger partial charge is 0.774 e. The standard InChI is InChI=1S/C4H11N3O.Li/c1-3-7(4-2)5-6-8;/h3-4H2,1-2H3,(H,5,8);/q;+1/p-1. The fourth-order valence-electron chi connectivity index (χ4n) is 0.402. The second kappa shape index (κ2) is 7.80. The maximum absolute atomic E-state index is 9.47. The van der Waals surface area contributed by atoms with Crippen molar-refractivity contribution in [1.29, 1.82) is 0 Å². The van der Waals surface area contributed by atoms with Crippen molar-refractivity contribution in [3.8, 4) is 0 Å². The Labute approximate surface area is 67.1 Å². The topological polar surface area (TPSA) is 51.0 Å². The summed E-state index contributed by atoms with van der Waals surface area (Å²) in [5, 5.41) is 16.7. The quantitative estimate of drug-likeness (QED) is 0.252. The first-order chi connectivity index (χ1) is 3.85. The van der Waals surface area contributed by atoms with Gasteiger partial charge in [-0.25, -0.2) is 0 Å². The van der Waals surface area contributed by atoms with Crippen LogP contribution in [0.3, 0.4) is 0 Å². The van der Waals surface area contributed by atoms with Crippen LogP contribution in [0.5, 0.6) is 0 Å². The number of rotatable bonds is 3. The molecule has 0 aromatic carbocycles. The minimum absolute atomic E-state index is 0. The summed E-state index contributed by atoms with van der Waals surface area (Å²) in [5.41, 5.74) is 0. The van der Waals surface area contributed by atoms with E-state index in [1.54, 1.807) is 5.01 Å². The maximum Gasteiger partial charge on any atom is 1.00 e. The molecule has 48 valence electrons. The predicted molar refractivity (Wildman–Crippen MR) is 31.1 cm³/mol. The number of nitrogens with zero attached hydrogens (tertiary/aromatic N) is 3. The van der Waals surface area contributed by atoms with Gasteiger partial charge < -0.3 is 5.21 Å². The van der Waals surface area contributed by atoms with Crippen molar-refractivity contribution in [3.05, 3.63) is 5.21 Å². The van der Waals surface area contributed by atoms with E-state index in [-0.39, 0.29) is 18.9 Å². The Balaban J connectivity index is 0. The van der Waals surface area contributed by atoms with Gasteiger partial charge in [-0.05, 0) is 13.8 Å². The van der Waals surface area contributed by atoms with Gasteiger partial charge in [-0.1, -0.05) is 5.22 Å². The van der Waals surface area contributed by atoms with E-state index in [1.807, 2.05) is 13.8 Å². The van der Waals surface area contributed by atoms with Crippen molar-refractivity contribution < 1.29 is 18.9 Å². The van der Waals surface area contributed by atoms with Gasteiger partial charge in [0, 0.05) is 13.1 Å². The Morgan fingerprint density at radius 3 is 1.89 bits per heavy atom. The van der Waals surface area contributed by atoms with E-state index < -0.39 is 0 Å². The molecule has 5 heteroatoms. The van der Waals surface area contributed by atoms with Crippen LogP contribution in [-0.4, -0.2) is 18.1 Å². The first-order valence-electron chi connectivity index (χ1n) is 2.63. The molecule has 0 spiro atoms. The van der Waals surface area contributed by atoms with Gasteiger partial charge in [0.25, 0.3) is 0 Å². The molecule has 9 heavy (non-hydrogen) atoms. The first-order valence-corrected chi connectivity index (χ1v) is 2.63. The molecule has 0 saturated heterocycles. The van der Waals surface area contributed by atoms with Crippen molar-refractivity contribution in [2.24, 2.45) is 10.5 Å². The fourth-order valence-corrected chi connectivity index (χ4v) is 0.402. The minimum Gasteiger partial charge on any atom is -0.774 e. The molecule has 0 aromatic rings. The van der Waals surface area contributed by atoms with E-state index in [2.05, 4.69) is 10.5 Å². The number of hydrogen-bond acceptors (Lipinski definition) is 3. The second-order valence-corrected chi connectivity index (χ2v) is 1.31. The molecule has 0 aliphatic rings. The molecule has 0 bridgehead atoms. The van der Waals surface area contributed by atoms with E-state index >= 15 is 0 Å². The molecule has 0 atom stereocenters. The first kappa shape index (κ1) is 11.6. The van der Waals surface area contributed by atoms with Crippen molar-refractivity contribution in [2.45, 2.75) is 13.8 Å². The third kappa shape index (κ3) is 5.67.